The fourth-order valence-electron chi connectivity index (χ4n) is 1.53. The van der Waals surface area contributed by atoms with Crippen molar-refractivity contribution in [2.75, 3.05) is 13.1 Å². The van der Waals surface area contributed by atoms with Crippen molar-refractivity contribution in [3.63, 3.8) is 0 Å². The molecule has 2 heterocycles. The van der Waals surface area contributed by atoms with Gasteiger partial charge in [0.05, 0.1) is 6.17 Å². The summed E-state index contributed by atoms with van der Waals surface area (Å²) in [7, 11) is 0. The molecule has 2 nitrogen and oxygen atoms in total. The molecule has 0 aromatic carbocycles. The highest BCUT2D eigenvalue weighted by molar-refractivity contribution is 5.00. The largest absolute Gasteiger partial charge is 0.300 e. The summed E-state index contributed by atoms with van der Waals surface area (Å²) < 4.78 is 0. The van der Waals surface area contributed by atoms with E-state index in [-0.39, 0.29) is 0 Å². The fourth-order valence-corrected chi connectivity index (χ4v) is 1.53. The zero-order valence-corrected chi connectivity index (χ0v) is 5.22. The van der Waals surface area contributed by atoms with E-state index in [0.717, 1.165) is 12.2 Å². The van der Waals surface area contributed by atoms with Crippen LogP contribution in [0.1, 0.15) is 13.3 Å². The Labute approximate surface area is 49.9 Å². The van der Waals surface area contributed by atoms with E-state index in [4.69, 9.17) is 0 Å². The first-order valence-electron chi connectivity index (χ1n) is 3.41. The molecule has 2 heteroatoms. The average molecular weight is 112 g/mol. The summed E-state index contributed by atoms with van der Waals surface area (Å²) in [6.07, 6.45) is 1.98. The maximum Gasteiger partial charge on any atom is 0.0599 e. The van der Waals surface area contributed by atoms with Gasteiger partial charge in [-0.15, -0.1) is 0 Å². The molecule has 2 fully saturated rings. The number of fused-ring (bicyclic) bond motifs is 1. The van der Waals surface area contributed by atoms with Crippen LogP contribution < -0.4 is 5.32 Å². The molecule has 0 aromatic heterocycles. The van der Waals surface area contributed by atoms with Gasteiger partial charge in [0.1, 0.15) is 0 Å². The Kier molecular flexibility index (Phi) is 0.866. The third-order valence-electron chi connectivity index (χ3n) is 2.13. The van der Waals surface area contributed by atoms with Crippen LogP contribution in [0.2, 0.25) is 0 Å². The van der Waals surface area contributed by atoms with E-state index in [2.05, 4.69) is 17.1 Å². The molecule has 0 spiro atoms. The van der Waals surface area contributed by atoms with Crippen molar-refractivity contribution >= 4 is 0 Å². The van der Waals surface area contributed by atoms with Gasteiger partial charge in [-0.3, -0.25) is 4.90 Å². The van der Waals surface area contributed by atoms with Gasteiger partial charge in [-0.2, -0.15) is 0 Å². The molecule has 2 saturated heterocycles. The molecule has 0 aromatic rings. The number of hydrogen-bond donors (Lipinski definition) is 1. The second-order valence-corrected chi connectivity index (χ2v) is 2.68. The van der Waals surface area contributed by atoms with Gasteiger partial charge in [0.25, 0.3) is 0 Å². The predicted octanol–water partition coefficient (Wildman–Crippen LogP) is 0.00990. The van der Waals surface area contributed by atoms with Crippen LogP contribution in [0.3, 0.4) is 0 Å². The minimum atomic E-state index is 0.722. The lowest BCUT2D eigenvalue weighted by Gasteiger charge is -2.09. The lowest BCUT2D eigenvalue weighted by molar-refractivity contribution is 0.379. The zero-order chi connectivity index (χ0) is 5.56. The summed E-state index contributed by atoms with van der Waals surface area (Å²) in [4.78, 5) is 2.51. The van der Waals surface area contributed by atoms with E-state index >= 15 is 0 Å². The highest BCUT2D eigenvalue weighted by atomic mass is 15.5. The van der Waals surface area contributed by atoms with Gasteiger partial charge in [-0.25, -0.2) is 0 Å². The quantitative estimate of drug-likeness (QED) is 0.481. The van der Waals surface area contributed by atoms with Crippen LogP contribution in [-0.4, -0.2) is 30.2 Å². The molecule has 1 N–H and O–H groups in total. The Morgan fingerprint density at radius 1 is 1.75 bits per heavy atom. The van der Waals surface area contributed by atoms with Gasteiger partial charge in [-0.1, -0.05) is 6.92 Å². The second-order valence-electron chi connectivity index (χ2n) is 2.68. The van der Waals surface area contributed by atoms with Crippen LogP contribution in [0.4, 0.5) is 0 Å². The topological polar surface area (TPSA) is 15.0 Å². The number of nitrogens with one attached hydrogen (secondary N) is 1. The molecular weight excluding hydrogens is 100 g/mol. The number of nitrogens with zero attached hydrogens (tertiary/aromatic N) is 1. The third kappa shape index (κ3) is 0.501. The number of hydrogen-bond acceptors (Lipinski definition) is 2. The Balaban J connectivity index is 1.97. The van der Waals surface area contributed by atoms with E-state index in [9.17, 15) is 0 Å². The van der Waals surface area contributed by atoms with Crippen molar-refractivity contribution in [1.29, 1.82) is 0 Å². The Morgan fingerprint density at radius 3 is 2.88 bits per heavy atom. The molecule has 2 aliphatic heterocycles. The Hall–Kier alpha value is -0.0800. The second kappa shape index (κ2) is 1.45. The molecular formula is C6H12N2. The van der Waals surface area contributed by atoms with Gasteiger partial charge >= 0.3 is 0 Å². The molecule has 0 amide bonds. The molecule has 8 heavy (non-hydrogen) atoms. The van der Waals surface area contributed by atoms with E-state index in [1.165, 1.54) is 19.5 Å². The lowest BCUT2D eigenvalue weighted by atomic mass is 10.4. The molecule has 0 radical (unpaired) electrons. The molecule has 46 valence electrons. The molecule has 3 atom stereocenters. The maximum absolute atomic E-state index is 3.43. The Morgan fingerprint density at radius 2 is 2.62 bits per heavy atom. The van der Waals surface area contributed by atoms with Crippen LogP contribution in [0.5, 0.6) is 0 Å². The monoisotopic (exact) mass is 112 g/mol. The highest BCUT2D eigenvalue weighted by Crippen LogP contribution is 2.26. The minimum absolute atomic E-state index is 0.722. The molecule has 2 aliphatic rings. The van der Waals surface area contributed by atoms with Crippen molar-refractivity contribution in [3.05, 3.63) is 0 Å². The molecule has 0 bridgehead atoms. The summed E-state index contributed by atoms with van der Waals surface area (Å²) in [5.41, 5.74) is 0. The zero-order valence-electron chi connectivity index (χ0n) is 5.22. The molecule has 2 rings (SSSR count). The first-order chi connectivity index (χ1) is 3.92. The van der Waals surface area contributed by atoms with Gasteiger partial charge in [0, 0.05) is 19.1 Å². The summed E-state index contributed by atoms with van der Waals surface area (Å²) in [6, 6.07) is 0.917. The molecule has 2 unspecified atom stereocenters. The summed E-state index contributed by atoms with van der Waals surface area (Å²) in [5, 5.41) is 3.43. The Bertz CT molecular complexity index is 103. The van der Waals surface area contributed by atoms with Crippen molar-refractivity contribution < 1.29 is 0 Å². The van der Waals surface area contributed by atoms with Gasteiger partial charge in [0.2, 0.25) is 0 Å². The predicted molar refractivity (Wildman–Crippen MR) is 32.6 cm³/mol. The minimum Gasteiger partial charge on any atom is -0.300 e. The van der Waals surface area contributed by atoms with Crippen molar-refractivity contribution in [3.8, 4) is 0 Å². The first kappa shape index (κ1) is 4.77. The summed E-state index contributed by atoms with van der Waals surface area (Å²) in [5.74, 6) is 0. The molecule has 0 saturated carbocycles. The molecule has 0 aliphatic carbocycles. The van der Waals surface area contributed by atoms with E-state index < -0.39 is 0 Å². The van der Waals surface area contributed by atoms with Crippen LogP contribution >= 0.6 is 0 Å². The van der Waals surface area contributed by atoms with Gasteiger partial charge in [0.15, 0.2) is 0 Å². The smallest absolute Gasteiger partial charge is 0.0599 e. The van der Waals surface area contributed by atoms with E-state index in [1.54, 1.807) is 0 Å². The third-order valence-corrected chi connectivity index (χ3v) is 2.13. The summed E-state index contributed by atoms with van der Waals surface area (Å²) in [6.45, 7) is 4.82. The van der Waals surface area contributed by atoms with E-state index in [1.807, 2.05) is 0 Å². The van der Waals surface area contributed by atoms with E-state index in [0.29, 0.717) is 0 Å². The van der Waals surface area contributed by atoms with Crippen LogP contribution in [0.25, 0.3) is 0 Å². The van der Waals surface area contributed by atoms with Gasteiger partial charge < -0.3 is 5.32 Å². The highest BCUT2D eigenvalue weighted by Gasteiger charge is 2.43. The van der Waals surface area contributed by atoms with Crippen molar-refractivity contribution in [2.24, 2.45) is 0 Å². The van der Waals surface area contributed by atoms with Crippen LogP contribution in [0, 0.1) is 0 Å². The number of rotatable bonds is 1. The normalized spacial score (nSPS) is 51.4. The van der Waals surface area contributed by atoms with Crippen molar-refractivity contribution in [2.45, 2.75) is 25.6 Å². The summed E-state index contributed by atoms with van der Waals surface area (Å²) >= 11 is 0. The van der Waals surface area contributed by atoms with Crippen molar-refractivity contribution in [1.82, 2.24) is 10.2 Å². The van der Waals surface area contributed by atoms with Gasteiger partial charge in [-0.05, 0) is 6.42 Å². The first-order valence-corrected chi connectivity index (χ1v) is 3.41. The van der Waals surface area contributed by atoms with Crippen LogP contribution in [0.15, 0.2) is 0 Å². The van der Waals surface area contributed by atoms with Crippen LogP contribution in [-0.2, 0) is 0 Å². The lowest BCUT2D eigenvalue weighted by Crippen LogP contribution is -2.29. The average Bonchev–Trinajstić information content (AvgIpc) is 2.46. The standard InChI is InChI=1S/C6H12N2/c1-2-6-7-3-5-4-8(5)6/h5-7H,2-4H2,1H3/t5?,6-,8?/m1/s1. The SMILES string of the molecule is CC[C@@H]1NCC2CN21. The fraction of sp³-hybridized carbons (Fsp3) is 1.00. The maximum atomic E-state index is 3.43.